The lowest BCUT2D eigenvalue weighted by molar-refractivity contribution is 0.183. The smallest absolute Gasteiger partial charge is 0.138 e. The fourth-order valence-electron chi connectivity index (χ4n) is 3.01. The number of hydrogen-bond acceptors (Lipinski definition) is 3. The first kappa shape index (κ1) is 17.5. The van der Waals surface area contributed by atoms with Crippen molar-refractivity contribution in [3.8, 4) is 5.75 Å². The molecule has 2 aromatic carbocycles. The zero-order valence-electron chi connectivity index (χ0n) is 15.1. The standard InChI is InChI=1S/C21H26N2O2/c1-15(2)17-9-11-18(12-10-17)25-14-6-13-23-20-8-5-4-7-19(20)22-21(23)16(3)24/h4-5,7-12,15-16,24H,6,13-14H2,1-3H3. The van der Waals surface area contributed by atoms with Crippen molar-refractivity contribution in [3.63, 3.8) is 0 Å². The van der Waals surface area contributed by atoms with E-state index >= 15 is 0 Å². The molecule has 0 amide bonds. The number of benzene rings is 2. The molecule has 1 aromatic heterocycles. The monoisotopic (exact) mass is 338 g/mol. The summed E-state index contributed by atoms with van der Waals surface area (Å²) in [5.41, 5.74) is 3.29. The molecular formula is C21H26N2O2. The van der Waals surface area contributed by atoms with Crippen LogP contribution in [0.5, 0.6) is 5.75 Å². The van der Waals surface area contributed by atoms with Crippen molar-refractivity contribution in [3.05, 3.63) is 59.9 Å². The van der Waals surface area contributed by atoms with Gasteiger partial charge in [0.25, 0.3) is 0 Å². The van der Waals surface area contributed by atoms with Crippen LogP contribution in [0, 0.1) is 0 Å². The molecule has 1 heterocycles. The minimum atomic E-state index is -0.586. The number of aliphatic hydroxyl groups is 1. The molecule has 0 bridgehead atoms. The molecule has 0 radical (unpaired) electrons. The number of aromatic nitrogens is 2. The third-order valence-corrected chi connectivity index (χ3v) is 4.40. The number of hydrogen-bond donors (Lipinski definition) is 1. The Morgan fingerprint density at radius 3 is 2.44 bits per heavy atom. The van der Waals surface area contributed by atoms with Crippen LogP contribution in [0.1, 0.15) is 50.6 Å². The summed E-state index contributed by atoms with van der Waals surface area (Å²) < 4.78 is 7.94. The third kappa shape index (κ3) is 4.02. The van der Waals surface area contributed by atoms with E-state index in [4.69, 9.17) is 4.74 Å². The highest BCUT2D eigenvalue weighted by Crippen LogP contribution is 2.22. The maximum absolute atomic E-state index is 10.00. The highest BCUT2D eigenvalue weighted by Gasteiger charge is 2.14. The Morgan fingerprint density at radius 1 is 1.04 bits per heavy atom. The molecule has 4 heteroatoms. The molecular weight excluding hydrogens is 312 g/mol. The molecule has 4 nitrogen and oxygen atoms in total. The van der Waals surface area contributed by atoms with Gasteiger partial charge >= 0.3 is 0 Å². The Morgan fingerprint density at radius 2 is 1.76 bits per heavy atom. The molecule has 3 aromatic rings. The van der Waals surface area contributed by atoms with E-state index in [-0.39, 0.29) is 0 Å². The minimum absolute atomic E-state index is 0.530. The van der Waals surface area contributed by atoms with Crippen LogP contribution in [0.3, 0.4) is 0 Å². The van der Waals surface area contributed by atoms with Crippen LogP contribution in [-0.2, 0) is 6.54 Å². The van der Waals surface area contributed by atoms with Crippen LogP contribution in [0.4, 0.5) is 0 Å². The second-order valence-electron chi connectivity index (χ2n) is 6.71. The molecule has 0 aliphatic carbocycles. The summed E-state index contributed by atoms with van der Waals surface area (Å²) in [4.78, 5) is 4.55. The summed E-state index contributed by atoms with van der Waals surface area (Å²) in [6.45, 7) is 7.53. The van der Waals surface area contributed by atoms with Gasteiger partial charge in [0.1, 0.15) is 17.7 Å². The number of aliphatic hydroxyl groups excluding tert-OH is 1. The summed E-state index contributed by atoms with van der Waals surface area (Å²) >= 11 is 0. The molecule has 132 valence electrons. The third-order valence-electron chi connectivity index (χ3n) is 4.40. The first-order valence-corrected chi connectivity index (χ1v) is 8.92. The number of fused-ring (bicyclic) bond motifs is 1. The first-order valence-electron chi connectivity index (χ1n) is 8.92. The number of rotatable bonds is 7. The highest BCUT2D eigenvalue weighted by molar-refractivity contribution is 5.75. The van der Waals surface area contributed by atoms with Crippen molar-refractivity contribution in [1.29, 1.82) is 0 Å². The van der Waals surface area contributed by atoms with Gasteiger partial charge in [0.05, 0.1) is 17.6 Å². The summed E-state index contributed by atoms with van der Waals surface area (Å²) in [6, 6.07) is 16.3. The lowest BCUT2D eigenvalue weighted by Crippen LogP contribution is -2.10. The summed E-state index contributed by atoms with van der Waals surface area (Å²) in [5.74, 6) is 2.14. The summed E-state index contributed by atoms with van der Waals surface area (Å²) in [6.07, 6.45) is 0.267. The van der Waals surface area contributed by atoms with Crippen molar-refractivity contribution in [1.82, 2.24) is 9.55 Å². The van der Waals surface area contributed by atoms with E-state index in [2.05, 4.69) is 35.5 Å². The van der Waals surface area contributed by atoms with Crippen LogP contribution in [0.15, 0.2) is 48.5 Å². The Hall–Kier alpha value is -2.33. The van der Waals surface area contributed by atoms with Crippen LogP contribution >= 0.6 is 0 Å². The van der Waals surface area contributed by atoms with Gasteiger partial charge in [-0.05, 0) is 49.1 Å². The van der Waals surface area contributed by atoms with E-state index in [0.717, 1.165) is 29.7 Å². The van der Waals surface area contributed by atoms with Gasteiger partial charge in [-0.1, -0.05) is 38.1 Å². The van der Waals surface area contributed by atoms with Gasteiger partial charge in [0.15, 0.2) is 0 Å². The van der Waals surface area contributed by atoms with Gasteiger partial charge in [-0.15, -0.1) is 0 Å². The van der Waals surface area contributed by atoms with E-state index in [1.54, 1.807) is 6.92 Å². The normalized spacial score (nSPS) is 12.7. The van der Waals surface area contributed by atoms with E-state index in [9.17, 15) is 5.11 Å². The zero-order valence-corrected chi connectivity index (χ0v) is 15.1. The van der Waals surface area contributed by atoms with Gasteiger partial charge in [0, 0.05) is 6.54 Å². The molecule has 1 unspecified atom stereocenters. The van der Waals surface area contributed by atoms with Crippen LogP contribution in [-0.4, -0.2) is 21.3 Å². The van der Waals surface area contributed by atoms with Crippen molar-refractivity contribution < 1.29 is 9.84 Å². The predicted octanol–water partition coefficient (Wildman–Crippen LogP) is 4.68. The molecule has 0 aliphatic rings. The van der Waals surface area contributed by atoms with Gasteiger partial charge in [-0.2, -0.15) is 0 Å². The lowest BCUT2D eigenvalue weighted by Gasteiger charge is -2.12. The van der Waals surface area contributed by atoms with Crippen LogP contribution in [0.2, 0.25) is 0 Å². The van der Waals surface area contributed by atoms with E-state index in [0.29, 0.717) is 18.3 Å². The molecule has 3 rings (SSSR count). The predicted molar refractivity (Wildman–Crippen MR) is 101 cm³/mol. The Labute approximate surface area is 149 Å². The van der Waals surface area contributed by atoms with Gasteiger partial charge < -0.3 is 14.4 Å². The Balaban J connectivity index is 1.62. The maximum Gasteiger partial charge on any atom is 0.138 e. The Bertz CT molecular complexity index is 820. The Kier molecular flexibility index (Phi) is 5.39. The van der Waals surface area contributed by atoms with E-state index in [1.165, 1.54) is 5.56 Å². The second-order valence-corrected chi connectivity index (χ2v) is 6.71. The quantitative estimate of drug-likeness (QED) is 0.636. The first-order chi connectivity index (χ1) is 12.1. The molecule has 25 heavy (non-hydrogen) atoms. The van der Waals surface area contributed by atoms with Crippen LogP contribution < -0.4 is 4.74 Å². The number of imidazole rings is 1. The largest absolute Gasteiger partial charge is 0.494 e. The minimum Gasteiger partial charge on any atom is -0.494 e. The van der Waals surface area contributed by atoms with Crippen LogP contribution in [0.25, 0.3) is 11.0 Å². The highest BCUT2D eigenvalue weighted by atomic mass is 16.5. The summed E-state index contributed by atoms with van der Waals surface area (Å²) in [5, 5.41) is 10.00. The number of aryl methyl sites for hydroxylation is 1. The number of ether oxygens (including phenoxy) is 1. The molecule has 0 spiro atoms. The van der Waals surface area contributed by atoms with Gasteiger partial charge in [-0.3, -0.25) is 0 Å². The molecule has 1 atom stereocenters. The molecule has 0 saturated carbocycles. The molecule has 1 N–H and O–H groups in total. The maximum atomic E-state index is 10.00. The van der Waals surface area contributed by atoms with E-state index in [1.807, 2.05) is 36.4 Å². The number of para-hydroxylation sites is 2. The van der Waals surface area contributed by atoms with E-state index < -0.39 is 6.10 Å². The second kappa shape index (κ2) is 7.70. The van der Waals surface area contributed by atoms with Crippen molar-refractivity contribution in [2.24, 2.45) is 0 Å². The van der Waals surface area contributed by atoms with Gasteiger partial charge in [-0.25, -0.2) is 4.98 Å². The van der Waals surface area contributed by atoms with Gasteiger partial charge in [0.2, 0.25) is 0 Å². The average Bonchev–Trinajstić information content (AvgIpc) is 2.98. The fourth-order valence-corrected chi connectivity index (χ4v) is 3.01. The fraction of sp³-hybridized carbons (Fsp3) is 0.381. The zero-order chi connectivity index (χ0) is 17.8. The molecule has 0 saturated heterocycles. The average molecular weight is 338 g/mol. The lowest BCUT2D eigenvalue weighted by atomic mass is 10.0. The topological polar surface area (TPSA) is 47.3 Å². The molecule has 0 aliphatic heterocycles. The molecule has 0 fully saturated rings. The summed E-state index contributed by atoms with van der Waals surface area (Å²) in [7, 11) is 0. The van der Waals surface area contributed by atoms with Crippen molar-refractivity contribution in [2.75, 3.05) is 6.61 Å². The van der Waals surface area contributed by atoms with Crippen molar-refractivity contribution >= 4 is 11.0 Å². The van der Waals surface area contributed by atoms with Crippen molar-refractivity contribution in [2.45, 2.75) is 45.8 Å². The number of nitrogens with zero attached hydrogens (tertiary/aromatic N) is 2. The SMILES string of the molecule is CC(C)c1ccc(OCCCn2c(C(C)O)nc3ccccc32)cc1.